The van der Waals surface area contributed by atoms with Crippen molar-refractivity contribution in [2.24, 2.45) is 5.41 Å². The molecular weight excluding hydrogens is 355 g/mol. The van der Waals surface area contributed by atoms with Crippen LogP contribution >= 0.6 is 0 Å². The van der Waals surface area contributed by atoms with Crippen molar-refractivity contribution in [3.63, 3.8) is 0 Å². The lowest BCUT2D eigenvalue weighted by Crippen LogP contribution is -2.59. The van der Waals surface area contributed by atoms with E-state index in [4.69, 9.17) is 4.74 Å². The minimum absolute atomic E-state index is 0.117. The zero-order valence-electron chi connectivity index (χ0n) is 13.2. The molecule has 0 atom stereocenters. The van der Waals surface area contributed by atoms with E-state index in [0.717, 1.165) is 12.8 Å². The number of methoxy groups -OCH3 is 1. The van der Waals surface area contributed by atoms with Gasteiger partial charge in [0.25, 0.3) is 5.41 Å². The molecule has 0 bridgehead atoms. The van der Waals surface area contributed by atoms with Crippen molar-refractivity contribution in [1.82, 2.24) is 0 Å². The molecule has 0 saturated heterocycles. The summed E-state index contributed by atoms with van der Waals surface area (Å²) < 4.78 is 119. The lowest BCUT2D eigenvalue weighted by molar-refractivity contribution is -0.429. The highest BCUT2D eigenvalue weighted by atomic mass is 19.4. The van der Waals surface area contributed by atoms with E-state index in [-0.39, 0.29) is 12.8 Å². The maximum Gasteiger partial charge on any atom is 0.412 e. The smallest absolute Gasteiger partial charge is 0.385 e. The Labute approximate surface area is 134 Å². The molecule has 0 heterocycles. The average Bonchev–Trinajstić information content (AvgIpc) is 2.36. The molecular formula is C14H21F9O. The summed E-state index contributed by atoms with van der Waals surface area (Å²) in [5.74, 6) is 0. The van der Waals surface area contributed by atoms with Crippen molar-refractivity contribution in [2.45, 2.75) is 69.9 Å². The molecule has 0 amide bonds. The molecule has 0 unspecified atom stereocenters. The van der Waals surface area contributed by atoms with Crippen LogP contribution in [0.2, 0.25) is 0 Å². The Bertz CT molecular complexity index is 308. The van der Waals surface area contributed by atoms with Crippen molar-refractivity contribution < 1.29 is 44.3 Å². The monoisotopic (exact) mass is 376 g/mol. The van der Waals surface area contributed by atoms with E-state index in [1.54, 1.807) is 0 Å². The van der Waals surface area contributed by atoms with Gasteiger partial charge in [0, 0.05) is 13.7 Å². The van der Waals surface area contributed by atoms with Crippen LogP contribution in [0.4, 0.5) is 39.5 Å². The standard InChI is InChI=1S/C14H21F9O/c1-24-10-8-6-4-2-3-5-7-9-11(12(15,16)17,13(18,19)20)14(21,22)23/h2-10H2,1H3. The third-order valence-corrected chi connectivity index (χ3v) is 3.85. The zero-order chi connectivity index (χ0) is 19.1. The van der Waals surface area contributed by atoms with Crippen molar-refractivity contribution in [1.29, 1.82) is 0 Å². The third kappa shape index (κ3) is 6.00. The van der Waals surface area contributed by atoms with E-state index in [0.29, 0.717) is 19.4 Å². The number of rotatable bonds is 10. The highest BCUT2D eigenvalue weighted by molar-refractivity contribution is 4.99. The maximum absolute atomic E-state index is 12.7. The molecule has 0 aromatic carbocycles. The average molecular weight is 376 g/mol. The molecule has 0 radical (unpaired) electrons. The van der Waals surface area contributed by atoms with Crippen LogP contribution in [0, 0.1) is 5.41 Å². The van der Waals surface area contributed by atoms with E-state index in [1.807, 2.05) is 0 Å². The first-order chi connectivity index (χ1) is 10.8. The fourth-order valence-electron chi connectivity index (χ4n) is 2.43. The quantitative estimate of drug-likeness (QED) is 0.315. The van der Waals surface area contributed by atoms with Crippen molar-refractivity contribution in [3.05, 3.63) is 0 Å². The Kier molecular flexibility index (Phi) is 8.89. The van der Waals surface area contributed by atoms with Gasteiger partial charge in [-0.15, -0.1) is 0 Å². The highest BCUT2D eigenvalue weighted by Gasteiger charge is 2.82. The van der Waals surface area contributed by atoms with Crippen LogP contribution < -0.4 is 0 Å². The Morgan fingerprint density at radius 1 is 0.542 bits per heavy atom. The molecule has 10 heteroatoms. The maximum atomic E-state index is 12.7. The topological polar surface area (TPSA) is 9.23 Å². The lowest BCUT2D eigenvalue weighted by atomic mass is 9.80. The first-order valence-corrected chi connectivity index (χ1v) is 7.50. The predicted molar refractivity (Wildman–Crippen MR) is 69.4 cm³/mol. The van der Waals surface area contributed by atoms with Crippen molar-refractivity contribution in [2.75, 3.05) is 13.7 Å². The van der Waals surface area contributed by atoms with Gasteiger partial charge in [0.1, 0.15) is 0 Å². The van der Waals surface area contributed by atoms with Gasteiger partial charge in [-0.1, -0.05) is 38.5 Å². The number of hydrogen-bond acceptors (Lipinski definition) is 1. The summed E-state index contributed by atoms with van der Waals surface area (Å²) in [6.07, 6.45) is -19.2. The predicted octanol–water partition coefficient (Wildman–Crippen LogP) is 6.43. The van der Waals surface area contributed by atoms with E-state index in [9.17, 15) is 39.5 Å². The Hall–Kier alpha value is -0.670. The van der Waals surface area contributed by atoms with Gasteiger partial charge >= 0.3 is 18.5 Å². The minimum atomic E-state index is -6.44. The second-order valence-corrected chi connectivity index (χ2v) is 5.62. The molecule has 0 aliphatic rings. The van der Waals surface area contributed by atoms with E-state index >= 15 is 0 Å². The van der Waals surface area contributed by atoms with Gasteiger partial charge in [0.2, 0.25) is 0 Å². The SMILES string of the molecule is COCCCCCCCCCC(C(F)(F)F)(C(F)(F)F)C(F)(F)F. The molecule has 0 spiro atoms. The van der Waals surface area contributed by atoms with Crippen LogP contribution in [0.25, 0.3) is 0 Å². The van der Waals surface area contributed by atoms with Crippen LogP contribution in [0.5, 0.6) is 0 Å². The fourth-order valence-corrected chi connectivity index (χ4v) is 2.43. The zero-order valence-corrected chi connectivity index (χ0v) is 13.2. The van der Waals surface area contributed by atoms with Crippen LogP contribution in [0.3, 0.4) is 0 Å². The van der Waals surface area contributed by atoms with Crippen LogP contribution in [-0.2, 0) is 4.74 Å². The molecule has 146 valence electrons. The number of alkyl halides is 9. The number of unbranched alkanes of at least 4 members (excludes halogenated alkanes) is 6. The van der Waals surface area contributed by atoms with Crippen molar-refractivity contribution in [3.8, 4) is 0 Å². The van der Waals surface area contributed by atoms with E-state index in [2.05, 4.69) is 0 Å². The molecule has 24 heavy (non-hydrogen) atoms. The summed E-state index contributed by atoms with van der Waals surface area (Å²) in [5.41, 5.74) is -5.66. The van der Waals surface area contributed by atoms with Gasteiger partial charge in [0.15, 0.2) is 0 Å². The Morgan fingerprint density at radius 3 is 1.21 bits per heavy atom. The molecule has 0 fully saturated rings. The van der Waals surface area contributed by atoms with E-state index in [1.165, 1.54) is 7.11 Å². The van der Waals surface area contributed by atoms with Gasteiger partial charge < -0.3 is 4.74 Å². The summed E-state index contributed by atoms with van der Waals surface area (Å²) in [4.78, 5) is 0. The fraction of sp³-hybridized carbons (Fsp3) is 1.00. The first-order valence-electron chi connectivity index (χ1n) is 7.50. The molecule has 0 aromatic heterocycles. The van der Waals surface area contributed by atoms with Crippen LogP contribution in [0.1, 0.15) is 51.4 Å². The number of halogens is 9. The van der Waals surface area contributed by atoms with E-state index < -0.39 is 36.8 Å². The largest absolute Gasteiger partial charge is 0.412 e. The second kappa shape index (κ2) is 9.15. The molecule has 0 N–H and O–H groups in total. The lowest BCUT2D eigenvalue weighted by Gasteiger charge is -2.38. The van der Waals surface area contributed by atoms with Gasteiger partial charge in [-0.05, 0) is 12.8 Å². The summed E-state index contributed by atoms with van der Waals surface area (Å²) in [7, 11) is 1.52. The molecule has 0 aliphatic carbocycles. The highest BCUT2D eigenvalue weighted by Crippen LogP contribution is 2.61. The van der Waals surface area contributed by atoms with Crippen LogP contribution in [-0.4, -0.2) is 32.2 Å². The molecule has 0 aliphatic heterocycles. The molecule has 0 aromatic rings. The number of ether oxygens (including phenoxy) is 1. The Morgan fingerprint density at radius 2 is 0.875 bits per heavy atom. The van der Waals surface area contributed by atoms with Gasteiger partial charge in [-0.3, -0.25) is 0 Å². The summed E-state index contributed by atoms with van der Waals surface area (Å²) >= 11 is 0. The molecule has 0 saturated carbocycles. The van der Waals surface area contributed by atoms with Crippen LogP contribution in [0.15, 0.2) is 0 Å². The Balaban J connectivity index is 4.62. The van der Waals surface area contributed by atoms with Crippen molar-refractivity contribution >= 4 is 0 Å². The molecule has 1 nitrogen and oxygen atoms in total. The van der Waals surface area contributed by atoms with Gasteiger partial charge in [-0.2, -0.15) is 39.5 Å². The first kappa shape index (κ1) is 23.3. The summed E-state index contributed by atoms with van der Waals surface area (Å²) in [6, 6.07) is 0. The normalized spacial score (nSPS) is 14.2. The van der Waals surface area contributed by atoms with Gasteiger partial charge in [-0.25, -0.2) is 0 Å². The third-order valence-electron chi connectivity index (χ3n) is 3.85. The second-order valence-electron chi connectivity index (χ2n) is 5.62. The number of hydrogen-bond donors (Lipinski definition) is 0. The summed E-state index contributed by atoms with van der Waals surface area (Å²) in [6.45, 7) is 0.547. The van der Waals surface area contributed by atoms with Gasteiger partial charge in [0.05, 0.1) is 0 Å². The minimum Gasteiger partial charge on any atom is -0.385 e. The summed E-state index contributed by atoms with van der Waals surface area (Å²) in [5, 5.41) is 0. The molecule has 0 rings (SSSR count).